The number of halogens is 1. The highest BCUT2D eigenvalue weighted by Gasteiger charge is 2.16. The van der Waals surface area contributed by atoms with Gasteiger partial charge in [0, 0.05) is 27.9 Å². The van der Waals surface area contributed by atoms with Gasteiger partial charge in [0.2, 0.25) is 0 Å². The van der Waals surface area contributed by atoms with Crippen LogP contribution in [0.15, 0.2) is 90.6 Å². The first-order chi connectivity index (χ1) is 17.1. The summed E-state index contributed by atoms with van der Waals surface area (Å²) in [6.45, 7) is 2.23. The topological polar surface area (TPSA) is 77.1 Å². The fraction of sp³-hybridized carbons (Fsp3) is 0.107. The van der Waals surface area contributed by atoms with Crippen molar-refractivity contribution < 1.29 is 14.3 Å². The minimum absolute atomic E-state index is 0.0968. The van der Waals surface area contributed by atoms with E-state index in [-0.39, 0.29) is 12.2 Å². The van der Waals surface area contributed by atoms with Crippen molar-refractivity contribution in [2.45, 2.75) is 13.5 Å². The third kappa shape index (κ3) is 5.78. The quantitative estimate of drug-likeness (QED) is 0.168. The first kappa shape index (κ1) is 23.8. The van der Waals surface area contributed by atoms with Crippen molar-refractivity contribution in [1.29, 1.82) is 5.26 Å². The number of benzene rings is 3. The molecule has 0 amide bonds. The Bertz CT molecular complexity index is 1390. The van der Waals surface area contributed by atoms with Crippen LogP contribution in [0.25, 0.3) is 23.0 Å². The normalized spacial score (nSPS) is 11.1. The molecule has 174 valence electrons. The fourth-order valence-electron chi connectivity index (χ4n) is 3.42. The Labute approximate surface area is 208 Å². The monoisotopic (exact) mass is 483 g/mol. The highest BCUT2D eigenvalue weighted by molar-refractivity contribution is 6.31. The highest BCUT2D eigenvalue weighted by Crippen LogP contribution is 2.28. The van der Waals surface area contributed by atoms with E-state index in [9.17, 15) is 10.1 Å². The Kier molecular flexibility index (Phi) is 7.61. The lowest BCUT2D eigenvalue weighted by Crippen LogP contribution is -2.06. The minimum Gasteiger partial charge on any atom is -0.489 e. The molecule has 6 nitrogen and oxygen atoms in total. The second-order valence-electron chi connectivity index (χ2n) is 7.51. The van der Waals surface area contributed by atoms with Crippen molar-refractivity contribution in [1.82, 2.24) is 9.78 Å². The van der Waals surface area contributed by atoms with Crippen molar-refractivity contribution in [3.05, 3.63) is 107 Å². The van der Waals surface area contributed by atoms with Crippen LogP contribution in [0, 0.1) is 11.3 Å². The molecule has 0 saturated heterocycles. The largest absolute Gasteiger partial charge is 0.489 e. The molecule has 0 aliphatic carbocycles. The summed E-state index contributed by atoms with van der Waals surface area (Å²) < 4.78 is 12.6. The van der Waals surface area contributed by atoms with Gasteiger partial charge in [-0.3, -0.25) is 0 Å². The number of carbonyl (C=O) groups excluding carboxylic acids is 1. The van der Waals surface area contributed by atoms with E-state index in [1.165, 1.54) is 6.08 Å². The molecule has 3 aromatic carbocycles. The Morgan fingerprint density at radius 1 is 1.06 bits per heavy atom. The number of hydrogen-bond acceptors (Lipinski definition) is 5. The fourth-order valence-corrected chi connectivity index (χ4v) is 3.61. The number of nitriles is 1. The van der Waals surface area contributed by atoms with E-state index in [1.54, 1.807) is 17.8 Å². The van der Waals surface area contributed by atoms with Gasteiger partial charge in [0.25, 0.3) is 0 Å². The Morgan fingerprint density at radius 2 is 1.77 bits per heavy atom. The summed E-state index contributed by atoms with van der Waals surface area (Å²) in [6, 6.07) is 26.5. The lowest BCUT2D eigenvalue weighted by molar-refractivity contribution is -0.137. The van der Waals surface area contributed by atoms with E-state index in [0.717, 1.165) is 16.8 Å². The van der Waals surface area contributed by atoms with E-state index in [4.69, 9.17) is 26.2 Å². The summed E-state index contributed by atoms with van der Waals surface area (Å²) in [5.41, 5.74) is 3.68. The van der Waals surface area contributed by atoms with Crippen molar-refractivity contribution >= 4 is 23.6 Å². The Balaban J connectivity index is 1.66. The van der Waals surface area contributed by atoms with Crippen molar-refractivity contribution in [2.75, 3.05) is 6.61 Å². The number of ether oxygens (including phenoxy) is 2. The van der Waals surface area contributed by atoms with Crippen LogP contribution in [0.3, 0.4) is 0 Å². The molecule has 0 radical (unpaired) electrons. The molecule has 0 atom stereocenters. The van der Waals surface area contributed by atoms with E-state index >= 15 is 0 Å². The zero-order chi connectivity index (χ0) is 24.6. The first-order valence-electron chi connectivity index (χ1n) is 11.0. The zero-order valence-corrected chi connectivity index (χ0v) is 19.8. The van der Waals surface area contributed by atoms with Crippen molar-refractivity contribution in [3.63, 3.8) is 0 Å². The Morgan fingerprint density at radius 3 is 2.46 bits per heavy atom. The van der Waals surface area contributed by atoms with E-state index < -0.39 is 5.97 Å². The maximum Gasteiger partial charge on any atom is 0.348 e. The number of esters is 1. The predicted molar refractivity (Wildman–Crippen MR) is 135 cm³/mol. The number of nitrogens with zero attached hydrogens (tertiary/aromatic N) is 3. The van der Waals surface area contributed by atoms with Crippen LogP contribution < -0.4 is 4.74 Å². The molecule has 0 aliphatic rings. The third-order valence-electron chi connectivity index (χ3n) is 5.16. The summed E-state index contributed by atoms with van der Waals surface area (Å²) in [7, 11) is 0. The molecule has 0 N–H and O–H groups in total. The average Bonchev–Trinajstić information content (AvgIpc) is 3.31. The lowest BCUT2D eigenvalue weighted by Gasteiger charge is -2.08. The molecule has 0 fully saturated rings. The van der Waals surface area contributed by atoms with Crippen LogP contribution in [-0.4, -0.2) is 22.4 Å². The van der Waals surface area contributed by atoms with E-state index in [1.807, 2.05) is 84.9 Å². The summed E-state index contributed by atoms with van der Waals surface area (Å²) in [4.78, 5) is 12.2. The van der Waals surface area contributed by atoms with Crippen LogP contribution in [0.5, 0.6) is 5.75 Å². The molecule has 4 rings (SSSR count). The smallest absolute Gasteiger partial charge is 0.348 e. The molecule has 35 heavy (non-hydrogen) atoms. The lowest BCUT2D eigenvalue weighted by atomic mass is 10.1. The summed E-state index contributed by atoms with van der Waals surface area (Å²) >= 11 is 6.21. The van der Waals surface area contributed by atoms with Gasteiger partial charge in [-0.2, -0.15) is 10.4 Å². The number of rotatable bonds is 8. The molecule has 0 spiro atoms. The standard InChI is InChI=1S/C28H22ClN3O3/c1-2-34-28(33)22(17-30)16-23-18-32(24-9-4-3-5-10-24)31-27(23)20-12-14-25(15-13-20)35-19-21-8-6-7-11-26(21)29/h3-16,18H,2,19H2,1H3/b22-16-. The van der Waals surface area contributed by atoms with Gasteiger partial charge in [-0.15, -0.1) is 0 Å². The molecule has 4 aromatic rings. The van der Waals surface area contributed by atoms with Crippen LogP contribution in [0.1, 0.15) is 18.1 Å². The van der Waals surface area contributed by atoms with Gasteiger partial charge in [-0.1, -0.05) is 48.0 Å². The van der Waals surface area contributed by atoms with E-state index in [2.05, 4.69) is 0 Å². The SMILES string of the molecule is CCOC(=O)/C(C#N)=C\c1cn(-c2ccccc2)nc1-c1ccc(OCc2ccccc2Cl)cc1. The number of carbonyl (C=O) groups is 1. The van der Waals surface area contributed by atoms with Gasteiger partial charge in [0.15, 0.2) is 0 Å². The average molecular weight is 484 g/mol. The molecular formula is C28H22ClN3O3. The van der Waals surface area contributed by atoms with E-state index in [0.29, 0.717) is 28.6 Å². The third-order valence-corrected chi connectivity index (χ3v) is 5.53. The molecule has 1 aromatic heterocycles. The first-order valence-corrected chi connectivity index (χ1v) is 11.4. The van der Waals surface area contributed by atoms with Gasteiger partial charge in [0.1, 0.15) is 24.0 Å². The zero-order valence-electron chi connectivity index (χ0n) is 19.0. The van der Waals surface area contributed by atoms with Gasteiger partial charge in [0.05, 0.1) is 18.0 Å². The van der Waals surface area contributed by atoms with Crippen LogP contribution in [-0.2, 0) is 16.1 Å². The maximum absolute atomic E-state index is 12.2. The van der Waals surface area contributed by atoms with Gasteiger partial charge in [-0.25, -0.2) is 9.48 Å². The van der Waals surface area contributed by atoms with Crippen molar-refractivity contribution in [3.8, 4) is 28.8 Å². The van der Waals surface area contributed by atoms with Crippen LogP contribution in [0.4, 0.5) is 0 Å². The second-order valence-corrected chi connectivity index (χ2v) is 7.92. The molecular weight excluding hydrogens is 462 g/mol. The molecule has 0 aliphatic heterocycles. The molecule has 7 heteroatoms. The highest BCUT2D eigenvalue weighted by atomic mass is 35.5. The van der Waals surface area contributed by atoms with Crippen LogP contribution in [0.2, 0.25) is 5.02 Å². The number of para-hydroxylation sites is 1. The number of aromatic nitrogens is 2. The van der Waals surface area contributed by atoms with Crippen LogP contribution >= 0.6 is 11.6 Å². The molecule has 0 saturated carbocycles. The second kappa shape index (κ2) is 11.2. The molecule has 0 unspecified atom stereocenters. The van der Waals surface area contributed by atoms with Crippen molar-refractivity contribution in [2.24, 2.45) is 0 Å². The predicted octanol–water partition coefficient (Wildman–Crippen LogP) is 6.24. The summed E-state index contributed by atoms with van der Waals surface area (Å²) in [6.07, 6.45) is 3.28. The minimum atomic E-state index is -0.670. The number of hydrogen-bond donors (Lipinski definition) is 0. The summed E-state index contributed by atoms with van der Waals surface area (Å²) in [5.74, 6) is 0.00854. The van der Waals surface area contributed by atoms with Gasteiger partial charge < -0.3 is 9.47 Å². The van der Waals surface area contributed by atoms with Gasteiger partial charge in [-0.05, 0) is 55.5 Å². The summed E-state index contributed by atoms with van der Waals surface area (Å²) in [5, 5.41) is 14.9. The molecule has 1 heterocycles. The molecule has 0 bridgehead atoms. The van der Waals surface area contributed by atoms with Gasteiger partial charge >= 0.3 is 5.97 Å². The Hall–Kier alpha value is -4.34. The maximum atomic E-state index is 12.2.